The molecule has 0 aliphatic heterocycles. The second-order valence-electron chi connectivity index (χ2n) is 4.76. The molecule has 4 nitrogen and oxygen atoms in total. The highest BCUT2D eigenvalue weighted by molar-refractivity contribution is 6.03. The van der Waals surface area contributed by atoms with E-state index in [1.807, 2.05) is 31.2 Å². The normalized spacial score (nSPS) is 10.5. The summed E-state index contributed by atoms with van der Waals surface area (Å²) >= 11 is 0. The second kappa shape index (κ2) is 5.61. The first-order valence-corrected chi connectivity index (χ1v) is 6.28. The van der Waals surface area contributed by atoms with E-state index >= 15 is 0 Å². The Labute approximate surface area is 112 Å². The molecular weight excluding hydrogens is 238 g/mol. The summed E-state index contributed by atoms with van der Waals surface area (Å²) < 4.78 is 0. The highest BCUT2D eigenvalue weighted by Crippen LogP contribution is 2.23. The van der Waals surface area contributed by atoms with Gasteiger partial charge < -0.3 is 5.32 Å². The number of para-hydroxylation sites is 1. The number of amides is 1. The second-order valence-corrected chi connectivity index (χ2v) is 4.76. The van der Waals surface area contributed by atoms with Crippen LogP contribution < -0.4 is 5.32 Å². The van der Waals surface area contributed by atoms with E-state index in [1.165, 1.54) is 0 Å². The number of carbonyl (C=O) groups excluding carboxylic acids is 1. The summed E-state index contributed by atoms with van der Waals surface area (Å²) in [5.74, 6) is 0.112. The number of nitrogens with zero attached hydrogens (tertiary/aromatic N) is 2. The van der Waals surface area contributed by atoms with Crippen LogP contribution in [0.15, 0.2) is 36.4 Å². The highest BCUT2D eigenvalue weighted by atomic mass is 16.1. The van der Waals surface area contributed by atoms with E-state index in [0.717, 1.165) is 16.9 Å². The van der Waals surface area contributed by atoms with Crippen molar-refractivity contribution in [1.29, 1.82) is 0 Å². The Morgan fingerprint density at radius 1 is 1.11 bits per heavy atom. The first kappa shape index (κ1) is 13.2. The lowest BCUT2D eigenvalue weighted by Crippen LogP contribution is -2.15. The van der Waals surface area contributed by atoms with Crippen molar-refractivity contribution in [2.45, 2.75) is 26.7 Å². The predicted octanol–water partition coefficient (Wildman–Crippen LogP) is 3.16. The number of aromatic nitrogens is 2. The van der Waals surface area contributed by atoms with Crippen molar-refractivity contribution in [2.24, 2.45) is 0 Å². The number of benzene rings is 1. The molecule has 4 heteroatoms. The maximum atomic E-state index is 12.1. The van der Waals surface area contributed by atoms with Crippen molar-refractivity contribution in [1.82, 2.24) is 10.2 Å². The van der Waals surface area contributed by atoms with E-state index in [1.54, 1.807) is 12.1 Å². The molecule has 0 bridgehead atoms. The molecule has 0 unspecified atom stereocenters. The average molecular weight is 255 g/mol. The number of rotatable bonds is 3. The highest BCUT2D eigenvalue weighted by Gasteiger charge is 2.11. The Morgan fingerprint density at radius 2 is 1.84 bits per heavy atom. The van der Waals surface area contributed by atoms with Gasteiger partial charge >= 0.3 is 0 Å². The quantitative estimate of drug-likeness (QED) is 0.916. The molecule has 2 aromatic rings. The number of aryl methyl sites for hydroxylation is 1. The molecule has 1 amide bonds. The monoisotopic (exact) mass is 255 g/mol. The van der Waals surface area contributed by atoms with Crippen molar-refractivity contribution in [3.8, 4) is 0 Å². The molecule has 0 saturated carbocycles. The van der Waals surface area contributed by atoms with Crippen LogP contribution in [0, 0.1) is 6.92 Å². The number of nitrogens with one attached hydrogen (secondary N) is 1. The van der Waals surface area contributed by atoms with Gasteiger partial charge in [0, 0.05) is 5.69 Å². The number of carbonyl (C=O) groups is 1. The molecule has 1 aromatic carbocycles. The molecule has 0 spiro atoms. The predicted molar refractivity (Wildman–Crippen MR) is 75.3 cm³/mol. The van der Waals surface area contributed by atoms with Crippen LogP contribution in [0.2, 0.25) is 0 Å². The minimum Gasteiger partial charge on any atom is -0.320 e. The first-order chi connectivity index (χ1) is 9.08. The number of hydrogen-bond donors (Lipinski definition) is 1. The molecule has 1 heterocycles. The van der Waals surface area contributed by atoms with Gasteiger partial charge in [0.15, 0.2) is 5.69 Å². The van der Waals surface area contributed by atoms with Gasteiger partial charge in [-0.15, -0.1) is 5.10 Å². The zero-order valence-electron chi connectivity index (χ0n) is 11.3. The van der Waals surface area contributed by atoms with Crippen molar-refractivity contribution in [3.05, 3.63) is 53.3 Å². The van der Waals surface area contributed by atoms with Crippen LogP contribution in [-0.4, -0.2) is 16.1 Å². The van der Waals surface area contributed by atoms with Crippen LogP contribution in [0.25, 0.3) is 0 Å². The van der Waals surface area contributed by atoms with Crippen molar-refractivity contribution >= 4 is 11.6 Å². The van der Waals surface area contributed by atoms with E-state index in [0.29, 0.717) is 11.6 Å². The van der Waals surface area contributed by atoms with Gasteiger partial charge in [-0.05, 0) is 36.6 Å². The number of hydrogen-bond acceptors (Lipinski definition) is 3. The van der Waals surface area contributed by atoms with Gasteiger partial charge in [-0.1, -0.05) is 32.0 Å². The van der Waals surface area contributed by atoms with Crippen LogP contribution in [0.4, 0.5) is 5.69 Å². The minimum atomic E-state index is -0.236. The number of anilines is 1. The largest absolute Gasteiger partial charge is 0.320 e. The summed E-state index contributed by atoms with van der Waals surface area (Å²) in [4.78, 5) is 12.1. The fraction of sp³-hybridized carbons (Fsp3) is 0.267. The van der Waals surface area contributed by atoms with Gasteiger partial charge in [0.05, 0.1) is 5.69 Å². The lowest BCUT2D eigenvalue weighted by atomic mass is 10.0. The summed E-state index contributed by atoms with van der Waals surface area (Å²) in [7, 11) is 0. The van der Waals surface area contributed by atoms with Crippen molar-refractivity contribution in [3.63, 3.8) is 0 Å². The molecule has 1 aromatic heterocycles. The summed E-state index contributed by atoms with van der Waals surface area (Å²) in [5.41, 5.74) is 3.05. The van der Waals surface area contributed by atoms with Crippen molar-refractivity contribution < 1.29 is 4.79 Å². The fourth-order valence-electron chi connectivity index (χ4n) is 1.82. The van der Waals surface area contributed by atoms with Crippen LogP contribution in [0.3, 0.4) is 0 Å². The molecule has 2 rings (SSSR count). The third-order valence-electron chi connectivity index (χ3n) is 2.86. The fourth-order valence-corrected chi connectivity index (χ4v) is 1.82. The third-order valence-corrected chi connectivity index (χ3v) is 2.86. The van der Waals surface area contributed by atoms with Gasteiger partial charge in [0.2, 0.25) is 0 Å². The molecule has 98 valence electrons. The molecule has 0 atom stereocenters. The van der Waals surface area contributed by atoms with E-state index in [4.69, 9.17) is 0 Å². The third kappa shape index (κ3) is 3.16. The summed E-state index contributed by atoms with van der Waals surface area (Å²) in [6.07, 6.45) is 0. The lowest BCUT2D eigenvalue weighted by Gasteiger charge is -2.13. The minimum absolute atomic E-state index is 0.236. The summed E-state index contributed by atoms with van der Waals surface area (Å²) in [5, 5.41) is 10.7. The van der Waals surface area contributed by atoms with Gasteiger partial charge in [-0.25, -0.2) is 0 Å². The zero-order chi connectivity index (χ0) is 13.8. The van der Waals surface area contributed by atoms with Gasteiger partial charge in [-0.2, -0.15) is 5.10 Å². The summed E-state index contributed by atoms with van der Waals surface area (Å²) in [6.45, 7) is 6.02. The Kier molecular flexibility index (Phi) is 3.90. The molecular formula is C15H17N3O. The Bertz CT molecular complexity index is 576. The molecule has 0 aliphatic carbocycles. The zero-order valence-corrected chi connectivity index (χ0v) is 11.3. The maximum Gasteiger partial charge on any atom is 0.276 e. The van der Waals surface area contributed by atoms with E-state index in [2.05, 4.69) is 29.4 Å². The van der Waals surface area contributed by atoms with Gasteiger partial charge in [-0.3, -0.25) is 4.79 Å². The summed E-state index contributed by atoms with van der Waals surface area (Å²) in [6, 6.07) is 11.2. The average Bonchev–Trinajstić information content (AvgIpc) is 2.39. The smallest absolute Gasteiger partial charge is 0.276 e. The Balaban J connectivity index is 2.22. The van der Waals surface area contributed by atoms with E-state index < -0.39 is 0 Å². The van der Waals surface area contributed by atoms with Crippen LogP contribution in [0.5, 0.6) is 0 Å². The maximum absolute atomic E-state index is 12.1. The Hall–Kier alpha value is -2.23. The van der Waals surface area contributed by atoms with Crippen molar-refractivity contribution in [2.75, 3.05) is 5.32 Å². The molecule has 0 saturated heterocycles. The molecule has 0 fully saturated rings. The van der Waals surface area contributed by atoms with Gasteiger partial charge in [0.25, 0.3) is 5.91 Å². The standard InChI is InChI=1S/C15H17N3O/c1-10(2)12-6-4-5-7-13(12)16-15(19)14-9-8-11(3)17-18-14/h4-10H,1-3H3,(H,16,19). The molecule has 0 radical (unpaired) electrons. The molecule has 0 aliphatic rings. The van der Waals surface area contributed by atoms with E-state index in [-0.39, 0.29) is 5.91 Å². The lowest BCUT2D eigenvalue weighted by molar-refractivity contribution is 0.102. The van der Waals surface area contributed by atoms with Gasteiger partial charge in [0.1, 0.15) is 0 Å². The molecule has 1 N–H and O–H groups in total. The van der Waals surface area contributed by atoms with Crippen LogP contribution >= 0.6 is 0 Å². The first-order valence-electron chi connectivity index (χ1n) is 6.28. The topological polar surface area (TPSA) is 54.9 Å². The van der Waals surface area contributed by atoms with Crippen LogP contribution in [-0.2, 0) is 0 Å². The van der Waals surface area contributed by atoms with Crippen LogP contribution in [0.1, 0.15) is 41.5 Å². The SMILES string of the molecule is Cc1ccc(C(=O)Nc2ccccc2C(C)C)nn1. The Morgan fingerprint density at radius 3 is 2.47 bits per heavy atom. The van der Waals surface area contributed by atoms with E-state index in [9.17, 15) is 4.79 Å². The molecule has 19 heavy (non-hydrogen) atoms.